The molecule has 0 aliphatic carbocycles. The van der Waals surface area contributed by atoms with E-state index in [1.165, 1.54) is 5.56 Å². The van der Waals surface area contributed by atoms with Gasteiger partial charge in [0.1, 0.15) is 24.8 Å². The molecule has 1 saturated heterocycles. The van der Waals surface area contributed by atoms with Crippen LogP contribution in [0.3, 0.4) is 0 Å². The van der Waals surface area contributed by atoms with Crippen molar-refractivity contribution in [3.8, 4) is 28.5 Å². The third-order valence-electron chi connectivity index (χ3n) is 7.58. The van der Waals surface area contributed by atoms with E-state index >= 15 is 0 Å². The summed E-state index contributed by atoms with van der Waals surface area (Å²) in [5.41, 5.74) is 16.2. The maximum Gasteiger partial charge on any atom is 0.162 e. The molecular formula is C33H36N6O4. The van der Waals surface area contributed by atoms with Crippen LogP contribution in [0.25, 0.3) is 32.9 Å². The first-order valence-electron chi connectivity index (χ1n) is 14.4. The lowest BCUT2D eigenvalue weighted by Crippen LogP contribution is -2.38. The van der Waals surface area contributed by atoms with Gasteiger partial charge in [-0.2, -0.15) is 0 Å². The number of nitrogen functional groups attached to an aromatic ring is 1. The number of nitrogens with zero attached hydrogens (tertiary/aromatic N) is 4. The Kier molecular flexibility index (Phi) is 8.78. The molecule has 10 heteroatoms. The van der Waals surface area contributed by atoms with Crippen LogP contribution in [0.1, 0.15) is 5.56 Å². The normalized spacial score (nSPS) is 14.6. The van der Waals surface area contributed by atoms with Gasteiger partial charge in [0.25, 0.3) is 0 Å². The molecule has 3 aromatic heterocycles. The molecule has 43 heavy (non-hydrogen) atoms. The number of pyridine rings is 3. The summed E-state index contributed by atoms with van der Waals surface area (Å²) in [6, 6.07) is 17.8. The molecule has 2 aromatic carbocycles. The Morgan fingerprint density at radius 1 is 0.930 bits per heavy atom. The molecule has 0 spiro atoms. The number of aromatic nitrogens is 3. The van der Waals surface area contributed by atoms with E-state index in [2.05, 4.69) is 32.0 Å². The van der Waals surface area contributed by atoms with Crippen molar-refractivity contribution < 1.29 is 18.9 Å². The van der Waals surface area contributed by atoms with Gasteiger partial charge >= 0.3 is 0 Å². The summed E-state index contributed by atoms with van der Waals surface area (Å²) in [6.07, 6.45) is 5.89. The molecule has 5 aromatic rings. The first kappa shape index (κ1) is 28.6. The van der Waals surface area contributed by atoms with Gasteiger partial charge in [-0.05, 0) is 35.6 Å². The molecule has 1 aliphatic rings. The molecule has 0 unspecified atom stereocenters. The van der Waals surface area contributed by atoms with Gasteiger partial charge in [0.2, 0.25) is 0 Å². The lowest BCUT2D eigenvalue weighted by molar-refractivity contribution is 0.0321. The summed E-state index contributed by atoms with van der Waals surface area (Å²) in [4.78, 5) is 16.0. The van der Waals surface area contributed by atoms with E-state index in [-0.39, 0.29) is 6.04 Å². The topological polar surface area (TPSA) is 131 Å². The Morgan fingerprint density at radius 2 is 1.77 bits per heavy atom. The van der Waals surface area contributed by atoms with E-state index < -0.39 is 0 Å². The molecule has 4 N–H and O–H groups in total. The van der Waals surface area contributed by atoms with Gasteiger partial charge in [-0.25, -0.2) is 4.98 Å². The molecule has 0 saturated carbocycles. The Hall–Kier alpha value is -4.51. The van der Waals surface area contributed by atoms with E-state index in [1.807, 2.05) is 42.5 Å². The van der Waals surface area contributed by atoms with Gasteiger partial charge in [-0.3, -0.25) is 14.9 Å². The SMILES string of the molecule is COc1cc2ncc3c(N)nc(-c4cncc(OC[C@@H](N)Cc5ccccc5)c4)cc3c2cc1OCCN1CCOCC1. The third kappa shape index (κ3) is 6.77. The van der Waals surface area contributed by atoms with Gasteiger partial charge in [0.05, 0.1) is 37.7 Å². The number of rotatable bonds is 11. The van der Waals surface area contributed by atoms with Crippen molar-refractivity contribution in [3.05, 3.63) is 78.8 Å². The van der Waals surface area contributed by atoms with Crippen molar-refractivity contribution in [1.29, 1.82) is 0 Å². The highest BCUT2D eigenvalue weighted by atomic mass is 16.5. The number of hydrogen-bond donors (Lipinski definition) is 2. The smallest absolute Gasteiger partial charge is 0.162 e. The van der Waals surface area contributed by atoms with Gasteiger partial charge in [0, 0.05) is 60.5 Å². The lowest BCUT2D eigenvalue weighted by Gasteiger charge is -2.26. The molecule has 1 atom stereocenters. The van der Waals surface area contributed by atoms with Crippen LogP contribution in [-0.4, -0.2) is 79.1 Å². The molecule has 0 bridgehead atoms. The summed E-state index contributed by atoms with van der Waals surface area (Å²) >= 11 is 0. The Bertz CT molecular complexity index is 1690. The fraction of sp³-hybridized carbons (Fsp3) is 0.303. The van der Waals surface area contributed by atoms with Crippen LogP contribution in [0, 0.1) is 0 Å². The zero-order chi connectivity index (χ0) is 29.6. The Morgan fingerprint density at radius 3 is 2.58 bits per heavy atom. The van der Waals surface area contributed by atoms with Crippen molar-refractivity contribution in [3.63, 3.8) is 0 Å². The van der Waals surface area contributed by atoms with Gasteiger partial charge in [-0.1, -0.05) is 30.3 Å². The van der Waals surface area contributed by atoms with Crippen LogP contribution in [0.15, 0.2) is 73.2 Å². The van der Waals surface area contributed by atoms with Gasteiger partial charge in [0.15, 0.2) is 11.5 Å². The molecule has 222 valence electrons. The largest absolute Gasteiger partial charge is 0.493 e. The zero-order valence-electron chi connectivity index (χ0n) is 24.2. The first-order chi connectivity index (χ1) is 21.1. The Labute approximate surface area is 250 Å². The fourth-order valence-electron chi connectivity index (χ4n) is 5.29. The first-order valence-corrected chi connectivity index (χ1v) is 14.4. The zero-order valence-corrected chi connectivity index (χ0v) is 24.2. The molecule has 6 rings (SSSR count). The molecular weight excluding hydrogens is 544 g/mol. The number of ether oxygens (including phenoxy) is 4. The van der Waals surface area contributed by atoms with E-state index in [9.17, 15) is 0 Å². The summed E-state index contributed by atoms with van der Waals surface area (Å²) < 4.78 is 23.3. The van der Waals surface area contributed by atoms with E-state index in [4.69, 9.17) is 30.4 Å². The van der Waals surface area contributed by atoms with E-state index in [0.717, 1.165) is 66.5 Å². The second-order valence-electron chi connectivity index (χ2n) is 10.6. The van der Waals surface area contributed by atoms with Crippen LogP contribution in [-0.2, 0) is 11.2 Å². The summed E-state index contributed by atoms with van der Waals surface area (Å²) in [6.45, 7) is 5.01. The predicted molar refractivity (Wildman–Crippen MR) is 168 cm³/mol. The molecule has 10 nitrogen and oxygen atoms in total. The van der Waals surface area contributed by atoms with Crippen molar-refractivity contribution in [2.24, 2.45) is 5.73 Å². The number of nitrogens with two attached hydrogens (primary N) is 2. The second-order valence-corrected chi connectivity index (χ2v) is 10.6. The molecule has 4 heterocycles. The third-order valence-corrected chi connectivity index (χ3v) is 7.58. The van der Waals surface area contributed by atoms with Gasteiger partial charge < -0.3 is 30.4 Å². The van der Waals surface area contributed by atoms with Gasteiger partial charge in [-0.15, -0.1) is 0 Å². The van der Waals surface area contributed by atoms with E-state index in [1.54, 1.807) is 25.7 Å². The minimum Gasteiger partial charge on any atom is -0.493 e. The summed E-state index contributed by atoms with van der Waals surface area (Å²) in [5.74, 6) is 2.27. The maximum atomic E-state index is 6.46. The summed E-state index contributed by atoms with van der Waals surface area (Å²) in [5, 5.41) is 2.56. The highest BCUT2D eigenvalue weighted by Gasteiger charge is 2.16. The van der Waals surface area contributed by atoms with Crippen molar-refractivity contribution in [2.45, 2.75) is 12.5 Å². The average Bonchev–Trinajstić information content (AvgIpc) is 3.04. The number of methoxy groups -OCH3 is 1. The predicted octanol–water partition coefficient (Wildman–Crippen LogP) is 4.10. The highest BCUT2D eigenvalue weighted by molar-refractivity contribution is 6.10. The van der Waals surface area contributed by atoms with Crippen LogP contribution in [0.4, 0.5) is 5.82 Å². The number of hydrogen-bond acceptors (Lipinski definition) is 10. The standard InChI is InChI=1S/C33H36N6O4/c1-40-31-17-30-27(16-32(31)42-12-9-39-7-10-41-11-8-39)26-15-29(38-33(35)28(26)20-37-30)23-14-25(19-36-18-23)43-21-24(34)13-22-5-3-2-4-6-22/h2-6,14-20,24H,7-13,21,34H2,1H3,(H2,35,38)/t24-/m0/s1. The van der Waals surface area contributed by atoms with E-state index in [0.29, 0.717) is 42.0 Å². The lowest BCUT2D eigenvalue weighted by atomic mass is 10.0. The monoisotopic (exact) mass is 580 g/mol. The number of anilines is 1. The second kappa shape index (κ2) is 13.2. The van der Waals surface area contributed by atoms with Crippen LogP contribution in [0.5, 0.6) is 17.2 Å². The van der Waals surface area contributed by atoms with Crippen molar-refractivity contribution in [1.82, 2.24) is 19.9 Å². The molecule has 1 fully saturated rings. The van der Waals surface area contributed by atoms with Crippen LogP contribution in [0.2, 0.25) is 0 Å². The quantitative estimate of drug-likeness (QED) is 0.220. The van der Waals surface area contributed by atoms with Crippen LogP contribution >= 0.6 is 0 Å². The number of fused-ring (bicyclic) bond motifs is 3. The highest BCUT2D eigenvalue weighted by Crippen LogP contribution is 2.37. The number of morpholine rings is 1. The van der Waals surface area contributed by atoms with Crippen LogP contribution < -0.4 is 25.7 Å². The minimum absolute atomic E-state index is 0.151. The molecule has 0 amide bonds. The summed E-state index contributed by atoms with van der Waals surface area (Å²) in [7, 11) is 1.63. The van der Waals surface area contributed by atoms with Crippen molar-refractivity contribution in [2.75, 3.05) is 58.9 Å². The fourth-order valence-corrected chi connectivity index (χ4v) is 5.29. The average molecular weight is 581 g/mol. The maximum absolute atomic E-state index is 6.46. The number of benzene rings is 2. The molecule has 0 radical (unpaired) electrons. The molecule has 1 aliphatic heterocycles. The van der Waals surface area contributed by atoms with Crippen molar-refractivity contribution >= 4 is 27.5 Å². The minimum atomic E-state index is -0.151. The Balaban J connectivity index is 1.25.